The summed E-state index contributed by atoms with van der Waals surface area (Å²) in [5, 5.41) is 9.98. The summed E-state index contributed by atoms with van der Waals surface area (Å²) in [6, 6.07) is -0.0167. The van der Waals surface area contributed by atoms with Gasteiger partial charge in [0.2, 0.25) is 11.6 Å². The summed E-state index contributed by atoms with van der Waals surface area (Å²) in [4.78, 5) is 12.0. The number of aliphatic hydroxyl groups is 1. The summed E-state index contributed by atoms with van der Waals surface area (Å²) in [7, 11) is 0. The van der Waals surface area contributed by atoms with Gasteiger partial charge in [0, 0.05) is 6.07 Å². The molecule has 0 aromatic heterocycles. The van der Waals surface area contributed by atoms with E-state index in [2.05, 4.69) is 0 Å². The number of carbonyl (C=O) groups is 1. The van der Waals surface area contributed by atoms with Crippen LogP contribution in [-0.2, 0) is 4.74 Å². The highest BCUT2D eigenvalue weighted by Crippen LogP contribution is 2.27. The van der Waals surface area contributed by atoms with E-state index in [1.807, 2.05) is 6.92 Å². The highest BCUT2D eigenvalue weighted by atomic mass is 19.2. The molecule has 0 aliphatic heterocycles. The minimum atomic E-state index is -2.62. The van der Waals surface area contributed by atoms with Gasteiger partial charge in [-0.2, -0.15) is 0 Å². The van der Waals surface area contributed by atoms with E-state index >= 15 is 0 Å². The lowest BCUT2D eigenvalue weighted by Crippen LogP contribution is -2.42. The number of ether oxygens (including phenoxy) is 1. The summed E-state index contributed by atoms with van der Waals surface area (Å²) >= 11 is 0. The summed E-state index contributed by atoms with van der Waals surface area (Å²) in [6.07, 6.45) is 0.647. The van der Waals surface area contributed by atoms with Gasteiger partial charge in [-0.25, -0.2) is 17.6 Å². The first-order chi connectivity index (χ1) is 9.93. The Hall–Kier alpha value is -1.47. The van der Waals surface area contributed by atoms with Crippen LogP contribution in [0.2, 0.25) is 0 Å². The maximum absolute atomic E-state index is 13.6. The van der Waals surface area contributed by atoms with Gasteiger partial charge in [0.15, 0.2) is 23.3 Å². The predicted molar refractivity (Wildman–Crippen MR) is 71.3 cm³/mol. The van der Waals surface area contributed by atoms with Gasteiger partial charge in [0.05, 0.1) is 6.61 Å². The molecule has 0 bridgehead atoms. The zero-order valence-electron chi connectivity index (χ0n) is 12.8. The molecule has 0 saturated carbocycles. The molecule has 0 saturated heterocycles. The van der Waals surface area contributed by atoms with Crippen LogP contribution in [0.15, 0.2) is 6.07 Å². The van der Waals surface area contributed by atoms with Gasteiger partial charge in [0.25, 0.3) is 0 Å². The van der Waals surface area contributed by atoms with Crippen LogP contribution in [0.5, 0.6) is 0 Å². The van der Waals surface area contributed by atoms with E-state index < -0.39 is 45.8 Å². The molecule has 1 aromatic rings. The third-order valence-electron chi connectivity index (χ3n) is 3.46. The van der Waals surface area contributed by atoms with Crippen molar-refractivity contribution in [2.24, 2.45) is 5.41 Å². The second-order valence-electron chi connectivity index (χ2n) is 5.96. The Morgan fingerprint density at radius 2 is 1.59 bits per heavy atom. The molecule has 0 radical (unpaired) electrons. The molecule has 1 aromatic carbocycles. The van der Waals surface area contributed by atoms with Crippen molar-refractivity contribution in [3.8, 4) is 0 Å². The van der Waals surface area contributed by atoms with Crippen LogP contribution in [0.4, 0.5) is 17.6 Å². The molecule has 1 N–H and O–H groups in total. The summed E-state index contributed by atoms with van der Waals surface area (Å²) < 4.78 is 58.5. The molecule has 0 amide bonds. The van der Waals surface area contributed by atoms with Gasteiger partial charge >= 0.3 is 0 Å². The highest BCUT2D eigenvalue weighted by molar-refractivity contribution is 6.01. The number of ketones is 1. The van der Waals surface area contributed by atoms with Crippen molar-refractivity contribution in [1.82, 2.24) is 0 Å². The fourth-order valence-corrected chi connectivity index (χ4v) is 1.51. The number of carbonyl (C=O) groups excluding carboxylic acids is 1. The molecule has 124 valence electrons. The second kappa shape index (κ2) is 6.34. The van der Waals surface area contributed by atoms with Gasteiger partial charge in [-0.1, -0.05) is 20.8 Å². The maximum Gasteiger partial charge on any atom is 0.228 e. The molecule has 3 nitrogen and oxygen atoms in total. The van der Waals surface area contributed by atoms with Crippen LogP contribution in [0.3, 0.4) is 0 Å². The number of rotatable bonds is 6. The highest BCUT2D eigenvalue weighted by Gasteiger charge is 2.39. The largest absolute Gasteiger partial charge is 0.359 e. The lowest BCUT2D eigenvalue weighted by molar-refractivity contribution is -0.170. The van der Waals surface area contributed by atoms with E-state index in [0.29, 0.717) is 6.42 Å². The molecule has 7 heteroatoms. The molecular weight excluding hydrogens is 304 g/mol. The molecule has 1 atom stereocenters. The number of halogens is 4. The first-order valence-corrected chi connectivity index (χ1v) is 6.67. The Kier molecular flexibility index (Phi) is 5.35. The van der Waals surface area contributed by atoms with Gasteiger partial charge in [-0.05, 0) is 18.8 Å². The monoisotopic (exact) mass is 322 g/mol. The van der Waals surface area contributed by atoms with Crippen LogP contribution in [0.1, 0.15) is 44.5 Å². The normalized spacial score (nSPS) is 14.8. The van der Waals surface area contributed by atoms with Crippen molar-refractivity contribution < 1.29 is 32.2 Å². The molecule has 0 aliphatic rings. The third kappa shape index (κ3) is 3.84. The average Bonchev–Trinajstić information content (AvgIpc) is 2.43. The Morgan fingerprint density at radius 1 is 1.14 bits per heavy atom. The molecule has 1 unspecified atom stereocenters. The van der Waals surface area contributed by atoms with Crippen LogP contribution in [-0.4, -0.2) is 23.3 Å². The Morgan fingerprint density at radius 3 is 2.00 bits per heavy atom. The fourth-order valence-electron chi connectivity index (χ4n) is 1.51. The van der Waals surface area contributed by atoms with Gasteiger partial charge < -0.3 is 9.84 Å². The second-order valence-corrected chi connectivity index (χ2v) is 5.96. The van der Waals surface area contributed by atoms with Crippen molar-refractivity contribution in [3.63, 3.8) is 0 Å². The zero-order valence-corrected chi connectivity index (χ0v) is 12.8. The topological polar surface area (TPSA) is 46.5 Å². The van der Waals surface area contributed by atoms with Crippen LogP contribution >= 0.6 is 0 Å². The molecule has 0 aliphatic carbocycles. The van der Waals surface area contributed by atoms with Gasteiger partial charge in [0.1, 0.15) is 5.56 Å². The molecule has 0 heterocycles. The standard InChI is InChI=1S/C15H18F4O3/c1-5-14(2,3)7-22-15(4,21)13(20)10-11(18)8(16)6-9(17)12(10)19/h6,21H,5,7H2,1-4H3. The third-order valence-corrected chi connectivity index (χ3v) is 3.46. The lowest BCUT2D eigenvalue weighted by atomic mass is 9.91. The molecular formula is C15H18F4O3. The van der Waals surface area contributed by atoms with Crippen LogP contribution < -0.4 is 0 Å². The molecule has 22 heavy (non-hydrogen) atoms. The lowest BCUT2D eigenvalue weighted by Gasteiger charge is -2.29. The van der Waals surface area contributed by atoms with Gasteiger partial charge in [-0.3, -0.25) is 4.79 Å². The number of hydrogen-bond acceptors (Lipinski definition) is 3. The molecule has 0 spiro atoms. The van der Waals surface area contributed by atoms with E-state index in [1.54, 1.807) is 13.8 Å². The van der Waals surface area contributed by atoms with Crippen molar-refractivity contribution >= 4 is 5.78 Å². The first kappa shape index (κ1) is 18.6. The van der Waals surface area contributed by atoms with E-state index in [9.17, 15) is 27.5 Å². The number of hydrogen-bond donors (Lipinski definition) is 1. The van der Waals surface area contributed by atoms with Crippen molar-refractivity contribution in [2.75, 3.05) is 6.61 Å². The van der Waals surface area contributed by atoms with Crippen molar-refractivity contribution in [3.05, 3.63) is 34.9 Å². The Labute approximate surface area is 125 Å². The van der Waals surface area contributed by atoms with Crippen molar-refractivity contribution in [2.45, 2.75) is 39.9 Å². The number of benzene rings is 1. The SMILES string of the molecule is CCC(C)(C)COC(C)(O)C(=O)c1c(F)c(F)cc(F)c1F. The summed E-state index contributed by atoms with van der Waals surface area (Å²) in [6.45, 7) is 6.19. The van der Waals surface area contributed by atoms with Gasteiger partial charge in [-0.15, -0.1) is 0 Å². The van der Waals surface area contributed by atoms with Crippen LogP contribution in [0, 0.1) is 28.7 Å². The minimum Gasteiger partial charge on any atom is -0.359 e. The Balaban J connectivity index is 3.15. The van der Waals surface area contributed by atoms with Crippen LogP contribution in [0.25, 0.3) is 0 Å². The average molecular weight is 322 g/mol. The maximum atomic E-state index is 13.6. The summed E-state index contributed by atoms with van der Waals surface area (Å²) in [5.41, 5.74) is -1.91. The van der Waals surface area contributed by atoms with E-state index in [0.717, 1.165) is 6.92 Å². The molecule has 0 fully saturated rings. The quantitative estimate of drug-likeness (QED) is 0.377. The first-order valence-electron chi connectivity index (χ1n) is 6.67. The Bertz CT molecular complexity index is 556. The minimum absolute atomic E-state index is 0.0167. The summed E-state index contributed by atoms with van der Waals surface area (Å²) in [5.74, 6) is -11.4. The van der Waals surface area contributed by atoms with Crippen molar-refractivity contribution in [1.29, 1.82) is 0 Å². The van der Waals surface area contributed by atoms with E-state index in [4.69, 9.17) is 4.74 Å². The smallest absolute Gasteiger partial charge is 0.228 e. The zero-order chi connectivity index (χ0) is 17.3. The van der Waals surface area contributed by atoms with E-state index in [1.165, 1.54) is 0 Å². The molecule has 1 rings (SSSR count). The fraction of sp³-hybridized carbons (Fsp3) is 0.533. The van der Waals surface area contributed by atoms with E-state index in [-0.39, 0.29) is 12.7 Å². The number of Topliss-reactive ketones (excluding diaryl/α,β-unsaturated/α-hetero) is 1. The predicted octanol–water partition coefficient (Wildman–Crippen LogP) is 3.59.